The quantitative estimate of drug-likeness (QED) is 0.104. The number of unbranched alkanes of at least 4 members (excludes halogenated alkanes) is 18. The van der Waals surface area contributed by atoms with Gasteiger partial charge in [0.1, 0.15) is 0 Å². The van der Waals surface area contributed by atoms with Crippen LogP contribution in [0.3, 0.4) is 0 Å². The van der Waals surface area contributed by atoms with Crippen molar-refractivity contribution in [3.63, 3.8) is 0 Å². The third-order valence-electron chi connectivity index (χ3n) is 5.41. The molecule has 3 nitrogen and oxygen atoms in total. The smallest absolute Gasteiger partial charge is 0.402 e. The van der Waals surface area contributed by atoms with Gasteiger partial charge in [-0.15, -0.1) is 0 Å². The van der Waals surface area contributed by atoms with Gasteiger partial charge in [-0.1, -0.05) is 0 Å². The Labute approximate surface area is 194 Å². The molecule has 0 rings (SSSR count). The van der Waals surface area contributed by atoms with E-state index >= 15 is 0 Å². The fourth-order valence-corrected chi connectivity index (χ4v) is 7.17. The molecule has 5 heteroatoms. The van der Waals surface area contributed by atoms with E-state index in [1.54, 1.807) is 21.7 Å². The van der Waals surface area contributed by atoms with Gasteiger partial charge in [0.05, 0.1) is 0 Å². The second kappa shape index (κ2) is 30.9. The van der Waals surface area contributed by atoms with Crippen LogP contribution in [0.5, 0.6) is 0 Å². The summed E-state index contributed by atoms with van der Waals surface area (Å²) in [7, 11) is -2.17. The van der Waals surface area contributed by atoms with Crippen LogP contribution >= 0.6 is 0 Å². The topological polar surface area (TPSA) is 60.7 Å². The van der Waals surface area contributed by atoms with Gasteiger partial charge in [-0.2, -0.15) is 0 Å². The van der Waals surface area contributed by atoms with Crippen LogP contribution in [0.1, 0.15) is 142 Å². The molecule has 0 spiro atoms. The van der Waals surface area contributed by atoms with Crippen LogP contribution in [0, 0.1) is 0 Å². The third kappa shape index (κ3) is 39.7. The first kappa shape index (κ1) is 31.9. The van der Waals surface area contributed by atoms with Crippen LogP contribution in [0.4, 0.5) is 0 Å². The van der Waals surface area contributed by atoms with E-state index in [1.807, 2.05) is 0 Å². The normalized spacial score (nSPS) is 10.7. The Balaban J connectivity index is 0. The van der Waals surface area contributed by atoms with E-state index in [0.717, 1.165) is 0 Å². The Morgan fingerprint density at radius 3 is 0.862 bits per heavy atom. The van der Waals surface area contributed by atoms with Crippen molar-refractivity contribution in [2.24, 2.45) is 0 Å². The third-order valence-corrected chi connectivity index (χ3v) is 9.45. The summed E-state index contributed by atoms with van der Waals surface area (Å²) in [5, 5.41) is 21.5. The molecular formula is C24H53BO3Sn. The first-order chi connectivity index (χ1) is 14.1. The zero-order valence-corrected chi connectivity index (χ0v) is 22.8. The molecule has 0 saturated carbocycles. The van der Waals surface area contributed by atoms with E-state index in [1.165, 1.54) is 116 Å². The van der Waals surface area contributed by atoms with Crippen molar-refractivity contribution in [2.75, 3.05) is 0 Å². The van der Waals surface area contributed by atoms with E-state index < -0.39 is 7.32 Å². The van der Waals surface area contributed by atoms with Gasteiger partial charge in [0.2, 0.25) is 0 Å². The molecule has 0 aromatic heterocycles. The van der Waals surface area contributed by atoms with Crippen molar-refractivity contribution in [1.82, 2.24) is 0 Å². The fraction of sp³-hybridized carbons (Fsp3) is 1.00. The zero-order valence-electron chi connectivity index (χ0n) is 20.0. The van der Waals surface area contributed by atoms with Gasteiger partial charge in [-0.3, -0.25) is 0 Å². The standard InChI is InChI=1S/2C12H25.BH3O3.Sn/c2*1-3-5-7-9-11-12-10-8-6-4-2;2-1(3)4;/h2*1,3-12H2,2H3;2-4H;. The Morgan fingerprint density at radius 1 is 0.414 bits per heavy atom. The average molecular weight is 519 g/mol. The molecule has 0 unspecified atom stereocenters. The predicted molar refractivity (Wildman–Crippen MR) is 131 cm³/mol. The summed E-state index contributed by atoms with van der Waals surface area (Å²) >= 11 is 0.0377. The number of hydrogen-bond acceptors (Lipinski definition) is 3. The molecule has 0 aromatic rings. The van der Waals surface area contributed by atoms with E-state index in [-0.39, 0.29) is 21.1 Å². The van der Waals surface area contributed by atoms with Crippen LogP contribution in [0.2, 0.25) is 8.87 Å². The summed E-state index contributed by atoms with van der Waals surface area (Å²) in [5.74, 6) is 0. The van der Waals surface area contributed by atoms with E-state index in [4.69, 9.17) is 15.1 Å². The first-order valence-electron chi connectivity index (χ1n) is 12.9. The summed E-state index contributed by atoms with van der Waals surface area (Å²) in [6.07, 6.45) is 29.8. The molecule has 0 saturated heterocycles. The minimum Gasteiger partial charge on any atom is -0.402 e. The molecule has 0 aliphatic carbocycles. The van der Waals surface area contributed by atoms with Crippen LogP contribution in [-0.2, 0) is 0 Å². The van der Waals surface area contributed by atoms with Gasteiger partial charge in [0.15, 0.2) is 0 Å². The molecular weight excluding hydrogens is 466 g/mol. The molecule has 29 heavy (non-hydrogen) atoms. The Bertz CT molecular complexity index is 244. The van der Waals surface area contributed by atoms with Crippen LogP contribution in [-0.4, -0.2) is 43.5 Å². The van der Waals surface area contributed by atoms with Gasteiger partial charge in [0.25, 0.3) is 0 Å². The Morgan fingerprint density at radius 2 is 0.621 bits per heavy atom. The molecule has 0 aliphatic rings. The van der Waals surface area contributed by atoms with Crippen molar-refractivity contribution >= 4 is 28.5 Å². The molecule has 0 amide bonds. The fourth-order valence-electron chi connectivity index (χ4n) is 3.60. The van der Waals surface area contributed by atoms with Gasteiger partial charge in [-0.25, -0.2) is 0 Å². The summed E-state index contributed by atoms with van der Waals surface area (Å²) in [6.45, 7) is 4.61. The van der Waals surface area contributed by atoms with Gasteiger partial charge in [-0.05, 0) is 0 Å². The average Bonchev–Trinajstić information content (AvgIpc) is 2.69. The van der Waals surface area contributed by atoms with Gasteiger partial charge >= 0.3 is 180 Å². The van der Waals surface area contributed by atoms with Crippen LogP contribution in [0.15, 0.2) is 0 Å². The number of hydrogen-bond donors (Lipinski definition) is 3. The molecule has 0 bridgehead atoms. The molecule has 0 atom stereocenters. The molecule has 0 aliphatic heterocycles. The van der Waals surface area contributed by atoms with E-state index in [0.29, 0.717) is 0 Å². The summed E-state index contributed by atoms with van der Waals surface area (Å²) in [5.41, 5.74) is 0. The maximum absolute atomic E-state index is 7.17. The maximum atomic E-state index is 7.17. The summed E-state index contributed by atoms with van der Waals surface area (Å²) in [4.78, 5) is 0. The monoisotopic (exact) mass is 520 g/mol. The minimum atomic E-state index is -2.17. The molecule has 0 heterocycles. The Hall–Kier alpha value is 0.744. The van der Waals surface area contributed by atoms with E-state index in [9.17, 15) is 0 Å². The van der Waals surface area contributed by atoms with Crippen molar-refractivity contribution in [2.45, 2.75) is 151 Å². The predicted octanol–water partition coefficient (Wildman–Crippen LogP) is 7.32. The first-order valence-corrected chi connectivity index (χ1v) is 16.9. The molecule has 2 radical (unpaired) electrons. The molecule has 174 valence electrons. The molecule has 0 fully saturated rings. The van der Waals surface area contributed by atoms with E-state index in [2.05, 4.69) is 13.8 Å². The van der Waals surface area contributed by atoms with Gasteiger partial charge < -0.3 is 15.1 Å². The van der Waals surface area contributed by atoms with Crippen molar-refractivity contribution in [1.29, 1.82) is 0 Å². The minimum absolute atomic E-state index is 0.0377. The second-order valence-corrected chi connectivity index (χ2v) is 12.7. The summed E-state index contributed by atoms with van der Waals surface area (Å²) in [6, 6.07) is 0. The SMILES string of the molecule is CCCCCCCCCCC[CH2][Sn][CH2]CCCCCCCCCCC.OB(O)O. The van der Waals surface area contributed by atoms with Crippen molar-refractivity contribution < 1.29 is 15.1 Å². The second-order valence-electron chi connectivity index (χ2n) is 8.46. The van der Waals surface area contributed by atoms with Gasteiger partial charge in [0, 0.05) is 0 Å². The van der Waals surface area contributed by atoms with Crippen LogP contribution < -0.4 is 0 Å². The van der Waals surface area contributed by atoms with Crippen molar-refractivity contribution in [3.8, 4) is 0 Å². The van der Waals surface area contributed by atoms with Crippen molar-refractivity contribution in [3.05, 3.63) is 0 Å². The summed E-state index contributed by atoms with van der Waals surface area (Å²) < 4.78 is 3.33. The number of rotatable bonds is 22. The molecule has 3 N–H and O–H groups in total. The van der Waals surface area contributed by atoms with Crippen LogP contribution in [0.25, 0.3) is 0 Å². The Kier molecular flexibility index (Phi) is 34.1. The zero-order chi connectivity index (χ0) is 21.8. The molecule has 0 aromatic carbocycles.